The molecule has 3 nitrogen and oxygen atoms in total. The van der Waals surface area contributed by atoms with Crippen LogP contribution in [0.25, 0.3) is 0 Å². The standard InChI is InChI=1S/C21H25N3/c1-23(16-19-10-4-3-9-18(19)15-22)17-20-11-5-6-12-21(20)24-13-7-2-8-14-24/h3-6,9-12H,2,7-8,13-14,16-17H2,1H3. The molecule has 1 aliphatic heterocycles. The molecule has 0 amide bonds. The van der Waals surface area contributed by atoms with Gasteiger partial charge >= 0.3 is 0 Å². The molecule has 0 aliphatic carbocycles. The van der Waals surface area contributed by atoms with Gasteiger partial charge in [-0.15, -0.1) is 0 Å². The largest absolute Gasteiger partial charge is 0.371 e. The van der Waals surface area contributed by atoms with Crippen molar-refractivity contribution in [1.82, 2.24) is 4.90 Å². The molecule has 0 saturated carbocycles. The lowest BCUT2D eigenvalue weighted by Gasteiger charge is -2.31. The van der Waals surface area contributed by atoms with E-state index in [4.69, 9.17) is 0 Å². The summed E-state index contributed by atoms with van der Waals surface area (Å²) in [5.74, 6) is 0. The lowest BCUT2D eigenvalue weighted by Crippen LogP contribution is -2.31. The number of nitriles is 1. The predicted molar refractivity (Wildman–Crippen MR) is 98.8 cm³/mol. The van der Waals surface area contributed by atoms with Gasteiger partial charge in [0.05, 0.1) is 11.6 Å². The average Bonchev–Trinajstić information content (AvgIpc) is 2.63. The molecule has 0 radical (unpaired) electrons. The van der Waals surface area contributed by atoms with E-state index in [0.29, 0.717) is 0 Å². The summed E-state index contributed by atoms with van der Waals surface area (Å²) < 4.78 is 0. The molecule has 1 aliphatic rings. The molecule has 1 fully saturated rings. The molecule has 0 unspecified atom stereocenters. The van der Waals surface area contributed by atoms with Crippen LogP contribution in [0.4, 0.5) is 5.69 Å². The van der Waals surface area contributed by atoms with E-state index in [-0.39, 0.29) is 0 Å². The first kappa shape index (κ1) is 16.5. The quantitative estimate of drug-likeness (QED) is 0.828. The van der Waals surface area contributed by atoms with Crippen LogP contribution >= 0.6 is 0 Å². The molecule has 1 saturated heterocycles. The summed E-state index contributed by atoms with van der Waals surface area (Å²) in [6.45, 7) is 4.01. The molecule has 3 heteroatoms. The van der Waals surface area contributed by atoms with E-state index in [1.165, 1.54) is 30.5 Å². The van der Waals surface area contributed by atoms with Crippen LogP contribution in [0.5, 0.6) is 0 Å². The van der Waals surface area contributed by atoms with Crippen LogP contribution in [0.3, 0.4) is 0 Å². The van der Waals surface area contributed by atoms with Crippen LogP contribution in [0.1, 0.15) is 36.0 Å². The van der Waals surface area contributed by atoms with Crippen molar-refractivity contribution in [2.24, 2.45) is 0 Å². The van der Waals surface area contributed by atoms with Gasteiger partial charge < -0.3 is 4.90 Å². The monoisotopic (exact) mass is 319 g/mol. The Morgan fingerprint density at radius 1 is 0.917 bits per heavy atom. The minimum atomic E-state index is 0.772. The number of hydrogen-bond acceptors (Lipinski definition) is 3. The van der Waals surface area contributed by atoms with Crippen LogP contribution in [0, 0.1) is 11.3 Å². The van der Waals surface area contributed by atoms with Crippen LogP contribution in [-0.4, -0.2) is 25.0 Å². The Kier molecular flexibility index (Phi) is 5.51. The Morgan fingerprint density at radius 2 is 1.54 bits per heavy atom. The van der Waals surface area contributed by atoms with Gasteiger partial charge in [-0.2, -0.15) is 5.26 Å². The molecule has 0 N–H and O–H groups in total. The average molecular weight is 319 g/mol. The Bertz CT molecular complexity index is 711. The van der Waals surface area contributed by atoms with Crippen LogP contribution < -0.4 is 4.90 Å². The molecule has 0 bridgehead atoms. The zero-order valence-electron chi connectivity index (χ0n) is 14.4. The Balaban J connectivity index is 1.72. The van der Waals surface area contributed by atoms with Gasteiger partial charge in [0.25, 0.3) is 0 Å². The molecule has 0 spiro atoms. The van der Waals surface area contributed by atoms with E-state index in [1.807, 2.05) is 24.3 Å². The molecule has 0 atom stereocenters. The molecule has 2 aromatic carbocycles. The van der Waals surface area contributed by atoms with E-state index in [0.717, 1.165) is 37.3 Å². The number of benzene rings is 2. The normalized spacial score (nSPS) is 14.6. The smallest absolute Gasteiger partial charge is 0.0995 e. The lowest BCUT2D eigenvalue weighted by atomic mass is 10.1. The van der Waals surface area contributed by atoms with E-state index in [9.17, 15) is 5.26 Å². The van der Waals surface area contributed by atoms with Crippen LogP contribution in [-0.2, 0) is 13.1 Å². The van der Waals surface area contributed by atoms with Crippen molar-refractivity contribution in [3.8, 4) is 6.07 Å². The van der Waals surface area contributed by atoms with Gasteiger partial charge in [-0.3, -0.25) is 4.90 Å². The SMILES string of the molecule is CN(Cc1ccccc1C#N)Cc1ccccc1N1CCCCC1. The van der Waals surface area contributed by atoms with Gasteiger partial charge in [-0.1, -0.05) is 36.4 Å². The highest BCUT2D eigenvalue weighted by atomic mass is 15.1. The molecule has 1 heterocycles. The van der Waals surface area contributed by atoms with Gasteiger partial charge in [0.2, 0.25) is 0 Å². The molecule has 3 rings (SSSR count). The second-order valence-corrected chi connectivity index (χ2v) is 6.62. The number of hydrogen-bond donors (Lipinski definition) is 0. The van der Waals surface area contributed by atoms with Crippen molar-refractivity contribution >= 4 is 5.69 Å². The molecular weight excluding hydrogens is 294 g/mol. The third-order valence-corrected chi connectivity index (χ3v) is 4.71. The topological polar surface area (TPSA) is 30.3 Å². The highest BCUT2D eigenvalue weighted by Gasteiger charge is 2.15. The Morgan fingerprint density at radius 3 is 2.29 bits per heavy atom. The maximum atomic E-state index is 9.26. The van der Waals surface area contributed by atoms with Crippen molar-refractivity contribution in [2.45, 2.75) is 32.4 Å². The number of rotatable bonds is 5. The number of piperidine rings is 1. The molecule has 2 aromatic rings. The van der Waals surface area contributed by atoms with E-state index in [1.54, 1.807) is 0 Å². The first-order valence-corrected chi connectivity index (χ1v) is 8.77. The number of nitrogens with zero attached hydrogens (tertiary/aromatic N) is 3. The summed E-state index contributed by atoms with van der Waals surface area (Å²) in [5.41, 5.74) is 4.61. The van der Waals surface area contributed by atoms with Gasteiger partial charge in [-0.25, -0.2) is 0 Å². The van der Waals surface area contributed by atoms with E-state index < -0.39 is 0 Å². The van der Waals surface area contributed by atoms with Crippen molar-refractivity contribution in [3.63, 3.8) is 0 Å². The Labute approximate surface area is 145 Å². The third kappa shape index (κ3) is 3.96. The second-order valence-electron chi connectivity index (χ2n) is 6.62. The zero-order chi connectivity index (χ0) is 16.8. The van der Waals surface area contributed by atoms with Crippen molar-refractivity contribution in [2.75, 3.05) is 25.0 Å². The minimum Gasteiger partial charge on any atom is -0.371 e. The lowest BCUT2D eigenvalue weighted by molar-refractivity contribution is 0.318. The summed E-state index contributed by atoms with van der Waals surface area (Å²) in [7, 11) is 2.13. The predicted octanol–water partition coefficient (Wildman–Crippen LogP) is 4.18. The van der Waals surface area contributed by atoms with Crippen molar-refractivity contribution < 1.29 is 0 Å². The second kappa shape index (κ2) is 7.99. The minimum absolute atomic E-state index is 0.772. The maximum absolute atomic E-state index is 9.26. The fourth-order valence-corrected chi connectivity index (χ4v) is 3.49. The highest BCUT2D eigenvalue weighted by Crippen LogP contribution is 2.25. The Hall–Kier alpha value is -2.31. The van der Waals surface area contributed by atoms with Crippen molar-refractivity contribution in [1.29, 1.82) is 5.26 Å². The van der Waals surface area contributed by atoms with E-state index in [2.05, 4.69) is 47.2 Å². The number of anilines is 1. The highest BCUT2D eigenvalue weighted by molar-refractivity contribution is 5.54. The summed E-state index contributed by atoms with van der Waals surface area (Å²) in [6, 6.07) is 18.9. The van der Waals surface area contributed by atoms with Gasteiger partial charge in [0.15, 0.2) is 0 Å². The van der Waals surface area contributed by atoms with Gasteiger partial charge in [0, 0.05) is 31.9 Å². The maximum Gasteiger partial charge on any atom is 0.0995 e. The summed E-state index contributed by atoms with van der Waals surface area (Å²) >= 11 is 0. The zero-order valence-corrected chi connectivity index (χ0v) is 14.4. The molecule has 0 aromatic heterocycles. The summed E-state index contributed by atoms with van der Waals surface area (Å²) in [5, 5.41) is 9.26. The molecule has 24 heavy (non-hydrogen) atoms. The summed E-state index contributed by atoms with van der Waals surface area (Å²) in [6.07, 6.45) is 3.93. The fraction of sp³-hybridized carbons (Fsp3) is 0.381. The van der Waals surface area contributed by atoms with Crippen LogP contribution in [0.2, 0.25) is 0 Å². The molecular formula is C21H25N3. The van der Waals surface area contributed by atoms with Gasteiger partial charge in [0.1, 0.15) is 0 Å². The first-order chi connectivity index (χ1) is 11.8. The fourth-order valence-electron chi connectivity index (χ4n) is 3.49. The summed E-state index contributed by atoms with van der Waals surface area (Å²) in [4.78, 5) is 4.81. The van der Waals surface area contributed by atoms with E-state index >= 15 is 0 Å². The first-order valence-electron chi connectivity index (χ1n) is 8.77. The van der Waals surface area contributed by atoms with Gasteiger partial charge in [-0.05, 0) is 49.6 Å². The van der Waals surface area contributed by atoms with Crippen LogP contribution in [0.15, 0.2) is 48.5 Å². The molecule has 124 valence electrons. The third-order valence-electron chi connectivity index (χ3n) is 4.71. The number of para-hydroxylation sites is 1. The van der Waals surface area contributed by atoms with Crippen molar-refractivity contribution in [3.05, 3.63) is 65.2 Å².